The van der Waals surface area contributed by atoms with Crippen molar-refractivity contribution in [3.8, 4) is 11.4 Å². The van der Waals surface area contributed by atoms with Crippen molar-refractivity contribution in [2.45, 2.75) is 5.88 Å². The van der Waals surface area contributed by atoms with Gasteiger partial charge in [-0.3, -0.25) is 0 Å². The lowest BCUT2D eigenvalue weighted by Gasteiger charge is -1.85. The van der Waals surface area contributed by atoms with E-state index in [0.717, 1.165) is 16.4 Å². The van der Waals surface area contributed by atoms with Crippen LogP contribution in [0.3, 0.4) is 0 Å². The highest BCUT2D eigenvalue weighted by Gasteiger charge is 2.04. The largest absolute Gasteiger partial charge is 0.243 e. The lowest BCUT2D eigenvalue weighted by molar-refractivity contribution is 1.24. The molecule has 0 saturated heterocycles. The van der Waals surface area contributed by atoms with Gasteiger partial charge in [-0.05, 0) is 0 Å². The summed E-state index contributed by atoms with van der Waals surface area (Å²) in [6.45, 7) is 0. The number of alkyl halides is 1. The van der Waals surface area contributed by atoms with Crippen LogP contribution in [0.15, 0.2) is 16.3 Å². The van der Waals surface area contributed by atoms with Crippen molar-refractivity contribution in [3.05, 3.63) is 21.3 Å². The first kappa shape index (κ1) is 8.16. The molecule has 0 fully saturated rings. The molecule has 0 spiro atoms. The number of halogens is 1. The van der Waals surface area contributed by atoms with Crippen molar-refractivity contribution in [2.75, 3.05) is 0 Å². The fourth-order valence-corrected chi connectivity index (χ4v) is 2.26. The summed E-state index contributed by atoms with van der Waals surface area (Å²) < 4.78 is 0. The first-order valence-corrected chi connectivity index (χ1v) is 5.65. The molecule has 0 N–H and O–H groups in total. The van der Waals surface area contributed by atoms with Gasteiger partial charge in [-0.15, -0.1) is 34.3 Å². The van der Waals surface area contributed by atoms with Crippen LogP contribution in [0, 0.1) is 0 Å². The highest BCUT2D eigenvalue weighted by Crippen LogP contribution is 2.22. The molecule has 2 heterocycles. The Morgan fingerprint density at radius 3 is 2.83 bits per heavy atom. The van der Waals surface area contributed by atoms with E-state index in [4.69, 9.17) is 11.6 Å². The second-order valence-electron chi connectivity index (χ2n) is 2.13. The molecule has 0 aliphatic carbocycles. The molecule has 0 aliphatic rings. The standard InChI is InChI=1S/C7H5ClN2S2/c8-1-7-10-6(3-12-7)5-2-11-4-9-5/h2-4H,1H2. The second-order valence-corrected chi connectivity index (χ2v) is 4.06. The van der Waals surface area contributed by atoms with E-state index in [2.05, 4.69) is 9.97 Å². The summed E-state index contributed by atoms with van der Waals surface area (Å²) in [6.07, 6.45) is 0. The summed E-state index contributed by atoms with van der Waals surface area (Å²) in [4.78, 5) is 8.46. The van der Waals surface area contributed by atoms with E-state index in [1.54, 1.807) is 28.2 Å². The van der Waals surface area contributed by atoms with Gasteiger partial charge in [-0.25, -0.2) is 9.97 Å². The summed E-state index contributed by atoms with van der Waals surface area (Å²) in [7, 11) is 0. The third kappa shape index (κ3) is 1.50. The van der Waals surface area contributed by atoms with Crippen LogP contribution in [0.5, 0.6) is 0 Å². The van der Waals surface area contributed by atoms with Crippen LogP contribution in [-0.4, -0.2) is 9.97 Å². The van der Waals surface area contributed by atoms with Gasteiger partial charge in [0.1, 0.15) is 16.4 Å². The summed E-state index contributed by atoms with van der Waals surface area (Å²) in [6, 6.07) is 0. The van der Waals surface area contributed by atoms with Crippen LogP contribution >= 0.6 is 34.3 Å². The van der Waals surface area contributed by atoms with Crippen LogP contribution in [-0.2, 0) is 5.88 Å². The Morgan fingerprint density at radius 2 is 2.25 bits per heavy atom. The Hall–Kier alpha value is -0.450. The molecule has 0 unspecified atom stereocenters. The molecular weight excluding hydrogens is 212 g/mol. The first-order valence-electron chi connectivity index (χ1n) is 3.29. The molecule has 62 valence electrons. The predicted octanol–water partition coefficient (Wildman–Crippen LogP) is 3.01. The average Bonchev–Trinajstić information content (AvgIpc) is 2.75. The van der Waals surface area contributed by atoms with Crippen molar-refractivity contribution >= 4 is 34.3 Å². The average molecular weight is 217 g/mol. The fraction of sp³-hybridized carbons (Fsp3) is 0.143. The molecule has 2 rings (SSSR count). The maximum absolute atomic E-state index is 5.63. The van der Waals surface area contributed by atoms with Gasteiger partial charge in [0.25, 0.3) is 0 Å². The highest BCUT2D eigenvalue weighted by molar-refractivity contribution is 7.10. The van der Waals surface area contributed by atoms with Gasteiger partial charge >= 0.3 is 0 Å². The van der Waals surface area contributed by atoms with Crippen molar-refractivity contribution in [1.82, 2.24) is 9.97 Å². The molecular formula is C7H5ClN2S2. The number of aromatic nitrogens is 2. The Morgan fingerprint density at radius 1 is 1.33 bits per heavy atom. The maximum Gasteiger partial charge on any atom is 0.108 e. The zero-order valence-electron chi connectivity index (χ0n) is 6.03. The van der Waals surface area contributed by atoms with Gasteiger partial charge < -0.3 is 0 Å². The minimum absolute atomic E-state index is 0.481. The van der Waals surface area contributed by atoms with E-state index in [9.17, 15) is 0 Å². The summed E-state index contributed by atoms with van der Waals surface area (Å²) in [5.74, 6) is 0.481. The van der Waals surface area contributed by atoms with E-state index in [1.807, 2.05) is 10.8 Å². The van der Waals surface area contributed by atoms with Crippen molar-refractivity contribution in [3.63, 3.8) is 0 Å². The SMILES string of the molecule is ClCc1nc(-c2cscn2)cs1. The number of hydrogen-bond donors (Lipinski definition) is 0. The van der Waals surface area contributed by atoms with Crippen LogP contribution in [0.25, 0.3) is 11.4 Å². The lowest BCUT2D eigenvalue weighted by atomic mass is 10.4. The van der Waals surface area contributed by atoms with Crippen molar-refractivity contribution in [1.29, 1.82) is 0 Å². The maximum atomic E-state index is 5.63. The van der Waals surface area contributed by atoms with E-state index < -0.39 is 0 Å². The Bertz CT molecular complexity index is 355. The number of rotatable bonds is 2. The monoisotopic (exact) mass is 216 g/mol. The zero-order chi connectivity index (χ0) is 8.39. The van der Waals surface area contributed by atoms with Gasteiger partial charge in [-0.2, -0.15) is 0 Å². The van der Waals surface area contributed by atoms with E-state index in [1.165, 1.54) is 0 Å². The third-order valence-corrected chi connectivity index (χ3v) is 3.21. The van der Waals surface area contributed by atoms with E-state index >= 15 is 0 Å². The van der Waals surface area contributed by atoms with E-state index in [-0.39, 0.29) is 0 Å². The summed E-state index contributed by atoms with van der Waals surface area (Å²) in [5, 5.41) is 4.90. The zero-order valence-corrected chi connectivity index (χ0v) is 8.42. The molecule has 0 radical (unpaired) electrons. The van der Waals surface area contributed by atoms with Gasteiger partial charge in [0.05, 0.1) is 11.4 Å². The van der Waals surface area contributed by atoms with Crippen LogP contribution < -0.4 is 0 Å². The topological polar surface area (TPSA) is 25.8 Å². The lowest BCUT2D eigenvalue weighted by Crippen LogP contribution is -1.78. The molecule has 0 bridgehead atoms. The Balaban J connectivity index is 2.35. The van der Waals surface area contributed by atoms with Gasteiger partial charge in [-0.1, -0.05) is 0 Å². The molecule has 2 aromatic rings. The molecule has 5 heteroatoms. The van der Waals surface area contributed by atoms with Gasteiger partial charge in [0.2, 0.25) is 0 Å². The normalized spacial score (nSPS) is 10.4. The molecule has 2 aromatic heterocycles. The Kier molecular flexibility index (Phi) is 2.39. The van der Waals surface area contributed by atoms with Crippen molar-refractivity contribution in [2.24, 2.45) is 0 Å². The first-order chi connectivity index (χ1) is 5.90. The van der Waals surface area contributed by atoms with E-state index in [0.29, 0.717) is 5.88 Å². The van der Waals surface area contributed by atoms with Gasteiger partial charge in [0.15, 0.2) is 0 Å². The quantitative estimate of drug-likeness (QED) is 0.722. The number of nitrogens with zero attached hydrogens (tertiary/aromatic N) is 2. The predicted molar refractivity (Wildman–Crippen MR) is 52.8 cm³/mol. The minimum Gasteiger partial charge on any atom is -0.243 e. The Labute approximate surface area is 82.9 Å². The number of thiazole rings is 2. The summed E-state index contributed by atoms with van der Waals surface area (Å²) in [5.41, 5.74) is 3.67. The molecule has 0 aliphatic heterocycles. The smallest absolute Gasteiger partial charge is 0.108 e. The molecule has 0 saturated carbocycles. The van der Waals surface area contributed by atoms with Crippen LogP contribution in [0.2, 0.25) is 0 Å². The van der Waals surface area contributed by atoms with Crippen LogP contribution in [0.4, 0.5) is 0 Å². The summed E-state index contributed by atoms with van der Waals surface area (Å²) >= 11 is 8.77. The fourth-order valence-electron chi connectivity index (χ4n) is 0.829. The molecule has 2 nitrogen and oxygen atoms in total. The molecule has 0 amide bonds. The third-order valence-electron chi connectivity index (χ3n) is 1.36. The van der Waals surface area contributed by atoms with Crippen LogP contribution in [0.1, 0.15) is 5.01 Å². The molecule has 12 heavy (non-hydrogen) atoms. The van der Waals surface area contributed by atoms with Gasteiger partial charge in [0, 0.05) is 10.8 Å². The molecule has 0 atom stereocenters. The highest BCUT2D eigenvalue weighted by atomic mass is 35.5. The second kappa shape index (κ2) is 3.51. The van der Waals surface area contributed by atoms with Crippen molar-refractivity contribution < 1.29 is 0 Å². The minimum atomic E-state index is 0.481. The number of hydrogen-bond acceptors (Lipinski definition) is 4. The molecule has 0 aromatic carbocycles.